The van der Waals surface area contributed by atoms with Crippen LogP contribution in [-0.2, 0) is 11.3 Å². The average Bonchev–Trinajstić information content (AvgIpc) is 2.99. The highest BCUT2D eigenvalue weighted by Crippen LogP contribution is 2.34. The maximum Gasteiger partial charge on any atom is 0.127 e. The van der Waals surface area contributed by atoms with Gasteiger partial charge in [0.25, 0.3) is 0 Å². The van der Waals surface area contributed by atoms with Crippen LogP contribution in [0.4, 0.5) is 0 Å². The molecule has 0 spiro atoms. The van der Waals surface area contributed by atoms with Crippen LogP contribution in [0.5, 0.6) is 0 Å². The van der Waals surface area contributed by atoms with Gasteiger partial charge in [-0.2, -0.15) is 0 Å². The highest BCUT2D eigenvalue weighted by Gasteiger charge is 2.27. The normalized spacial score (nSPS) is 17.2. The second-order valence-electron chi connectivity index (χ2n) is 7.23. The first-order valence-electron chi connectivity index (χ1n) is 8.69. The van der Waals surface area contributed by atoms with Crippen LogP contribution in [0.25, 0.3) is 20.7 Å². The molecule has 0 unspecified atom stereocenters. The minimum Gasteiger partial charge on any atom is -0.373 e. The molecule has 138 valence electrons. The van der Waals surface area contributed by atoms with Crippen molar-refractivity contribution in [3.63, 3.8) is 0 Å². The lowest BCUT2D eigenvalue weighted by atomic mass is 10.1. The molecule has 1 saturated heterocycles. The molecule has 1 aromatic carbocycles. The average molecular weight is 390 g/mol. The zero-order valence-electron chi connectivity index (χ0n) is 15.4. The minimum atomic E-state index is -0.0940. The Labute approximate surface area is 164 Å². The molecule has 1 fully saturated rings. The number of rotatable bonds is 3. The maximum absolute atomic E-state index is 5.83. The fraction of sp³-hybridized carbons (Fsp3) is 0.400. The van der Waals surface area contributed by atoms with E-state index in [-0.39, 0.29) is 18.0 Å². The molecule has 0 bridgehead atoms. The fourth-order valence-corrected chi connectivity index (χ4v) is 4.53. The lowest BCUT2D eigenvalue weighted by molar-refractivity contribution is -0.0884. The van der Waals surface area contributed by atoms with Crippen molar-refractivity contribution in [3.05, 3.63) is 47.9 Å². The van der Waals surface area contributed by atoms with Crippen LogP contribution in [0.3, 0.4) is 0 Å². The van der Waals surface area contributed by atoms with Gasteiger partial charge >= 0.3 is 0 Å². The predicted octanol–water partition coefficient (Wildman–Crippen LogP) is 4.70. The first-order valence-corrected chi connectivity index (χ1v) is 9.51. The van der Waals surface area contributed by atoms with Gasteiger partial charge in [-0.25, -0.2) is 9.97 Å². The molecule has 0 aliphatic carbocycles. The van der Waals surface area contributed by atoms with Crippen LogP contribution >= 0.6 is 23.7 Å². The van der Waals surface area contributed by atoms with Crippen LogP contribution < -0.4 is 0 Å². The summed E-state index contributed by atoms with van der Waals surface area (Å²) in [5, 5.41) is 1.18. The first-order chi connectivity index (χ1) is 12.0. The van der Waals surface area contributed by atoms with Crippen LogP contribution in [0.15, 0.2) is 36.4 Å². The monoisotopic (exact) mass is 389 g/mol. The molecule has 1 aliphatic heterocycles. The standard InChI is InChI=1S/C20H23N3OS.ClH/c1-14-21-17(12-23-9-10-24-20(2,3)13-23)16-11-18(25-19(16)22-14)15-7-5-4-6-8-15;/h4-8,11H,9-10,12-13H2,1-3H3;1H. The molecule has 4 rings (SSSR count). The summed E-state index contributed by atoms with van der Waals surface area (Å²) in [7, 11) is 0. The Morgan fingerprint density at radius 2 is 1.96 bits per heavy atom. The Hall–Kier alpha value is -1.53. The molecule has 6 heteroatoms. The highest BCUT2D eigenvalue weighted by molar-refractivity contribution is 7.21. The summed E-state index contributed by atoms with van der Waals surface area (Å²) in [6.45, 7) is 9.78. The van der Waals surface area contributed by atoms with Crippen molar-refractivity contribution in [3.8, 4) is 10.4 Å². The van der Waals surface area contributed by atoms with Crippen molar-refractivity contribution < 1.29 is 4.74 Å². The first kappa shape index (κ1) is 19.2. The molecule has 26 heavy (non-hydrogen) atoms. The number of morpholine rings is 1. The van der Waals surface area contributed by atoms with E-state index in [2.05, 4.69) is 54.1 Å². The summed E-state index contributed by atoms with van der Waals surface area (Å²) in [5.74, 6) is 0.844. The van der Waals surface area contributed by atoms with Gasteiger partial charge < -0.3 is 4.74 Å². The number of aryl methyl sites for hydroxylation is 1. The third kappa shape index (κ3) is 4.07. The Morgan fingerprint density at radius 3 is 2.69 bits per heavy atom. The van der Waals surface area contributed by atoms with Gasteiger partial charge in [-0.15, -0.1) is 23.7 Å². The van der Waals surface area contributed by atoms with Gasteiger partial charge in [0, 0.05) is 29.9 Å². The van der Waals surface area contributed by atoms with Crippen LogP contribution in [0.2, 0.25) is 0 Å². The summed E-state index contributed by atoms with van der Waals surface area (Å²) in [5.41, 5.74) is 2.27. The molecule has 0 amide bonds. The third-order valence-electron chi connectivity index (χ3n) is 4.52. The topological polar surface area (TPSA) is 38.2 Å². The maximum atomic E-state index is 5.83. The largest absolute Gasteiger partial charge is 0.373 e. The smallest absolute Gasteiger partial charge is 0.127 e. The van der Waals surface area contributed by atoms with Crippen LogP contribution in [0.1, 0.15) is 25.4 Å². The van der Waals surface area contributed by atoms with E-state index in [1.807, 2.05) is 13.0 Å². The lowest BCUT2D eigenvalue weighted by Gasteiger charge is -2.38. The highest BCUT2D eigenvalue weighted by atomic mass is 35.5. The number of hydrogen-bond acceptors (Lipinski definition) is 5. The van der Waals surface area contributed by atoms with Crippen molar-refractivity contribution in [2.45, 2.75) is 32.9 Å². The number of hydrogen-bond donors (Lipinski definition) is 0. The number of thiophene rings is 1. The van der Waals surface area contributed by atoms with Gasteiger partial charge in [-0.3, -0.25) is 4.90 Å². The molecule has 1 aliphatic rings. The molecule has 0 radical (unpaired) electrons. The molecule has 0 atom stereocenters. The molecule has 0 saturated carbocycles. The number of halogens is 1. The molecule has 3 aromatic rings. The van der Waals surface area contributed by atoms with E-state index in [1.54, 1.807) is 11.3 Å². The molecular formula is C20H24ClN3OS. The number of ether oxygens (including phenoxy) is 1. The van der Waals surface area contributed by atoms with Crippen molar-refractivity contribution in [2.75, 3.05) is 19.7 Å². The van der Waals surface area contributed by atoms with E-state index in [0.29, 0.717) is 0 Å². The molecule has 2 aromatic heterocycles. The zero-order chi connectivity index (χ0) is 17.4. The summed E-state index contributed by atoms with van der Waals surface area (Å²) in [6.07, 6.45) is 0. The van der Waals surface area contributed by atoms with E-state index in [9.17, 15) is 0 Å². The Balaban J connectivity index is 0.00000196. The number of fused-ring (bicyclic) bond motifs is 1. The second kappa shape index (κ2) is 7.61. The van der Waals surface area contributed by atoms with Gasteiger partial charge in [0.05, 0.1) is 17.9 Å². The Kier molecular flexibility index (Phi) is 5.63. The quantitative estimate of drug-likeness (QED) is 0.650. The van der Waals surface area contributed by atoms with Crippen LogP contribution in [0, 0.1) is 6.92 Å². The SMILES string of the molecule is Cc1nc(CN2CCOC(C)(C)C2)c2cc(-c3ccccc3)sc2n1.Cl. The van der Waals surface area contributed by atoms with E-state index in [0.717, 1.165) is 42.6 Å². The van der Waals surface area contributed by atoms with Crippen molar-refractivity contribution in [1.82, 2.24) is 14.9 Å². The van der Waals surface area contributed by atoms with Crippen molar-refractivity contribution >= 4 is 34.0 Å². The Morgan fingerprint density at radius 1 is 1.19 bits per heavy atom. The zero-order valence-corrected chi connectivity index (χ0v) is 17.0. The van der Waals surface area contributed by atoms with E-state index >= 15 is 0 Å². The van der Waals surface area contributed by atoms with Gasteiger partial charge in [0.15, 0.2) is 0 Å². The van der Waals surface area contributed by atoms with E-state index in [1.165, 1.54) is 15.8 Å². The summed E-state index contributed by atoms with van der Waals surface area (Å²) >= 11 is 1.75. The van der Waals surface area contributed by atoms with Gasteiger partial charge in [0.2, 0.25) is 0 Å². The number of nitrogens with zero attached hydrogens (tertiary/aromatic N) is 3. The molecule has 4 nitrogen and oxygen atoms in total. The minimum absolute atomic E-state index is 0. The van der Waals surface area contributed by atoms with Gasteiger partial charge in [-0.1, -0.05) is 30.3 Å². The van der Waals surface area contributed by atoms with Gasteiger partial charge in [-0.05, 0) is 32.4 Å². The van der Waals surface area contributed by atoms with E-state index in [4.69, 9.17) is 9.72 Å². The molecular weight excluding hydrogens is 366 g/mol. The van der Waals surface area contributed by atoms with E-state index < -0.39 is 0 Å². The predicted molar refractivity (Wildman–Crippen MR) is 110 cm³/mol. The summed E-state index contributed by atoms with van der Waals surface area (Å²) < 4.78 is 5.83. The number of benzene rings is 1. The van der Waals surface area contributed by atoms with Gasteiger partial charge in [0.1, 0.15) is 10.7 Å². The summed E-state index contributed by atoms with van der Waals surface area (Å²) in [6, 6.07) is 12.7. The number of aromatic nitrogens is 2. The Bertz CT molecular complexity index is 895. The van der Waals surface area contributed by atoms with Crippen molar-refractivity contribution in [2.24, 2.45) is 0 Å². The van der Waals surface area contributed by atoms with Crippen molar-refractivity contribution in [1.29, 1.82) is 0 Å². The lowest BCUT2D eigenvalue weighted by Crippen LogP contribution is -2.47. The molecule has 0 N–H and O–H groups in total. The third-order valence-corrected chi connectivity index (χ3v) is 5.60. The van der Waals surface area contributed by atoms with Crippen LogP contribution in [-0.4, -0.2) is 40.2 Å². The molecule has 3 heterocycles. The second-order valence-corrected chi connectivity index (χ2v) is 8.26. The summed E-state index contributed by atoms with van der Waals surface area (Å²) in [4.78, 5) is 14.2. The fourth-order valence-electron chi connectivity index (χ4n) is 3.42.